The van der Waals surface area contributed by atoms with Crippen molar-refractivity contribution in [3.05, 3.63) is 0 Å². The number of nitrogens with two attached hydrogens (primary N) is 1. The van der Waals surface area contributed by atoms with Crippen LogP contribution in [-0.2, 0) is 0 Å². The van der Waals surface area contributed by atoms with E-state index < -0.39 is 0 Å². The van der Waals surface area contributed by atoms with Crippen molar-refractivity contribution in [1.82, 2.24) is 15.5 Å². The summed E-state index contributed by atoms with van der Waals surface area (Å²) in [4.78, 5) is 6.42. The molecule has 0 aliphatic carbocycles. The molecule has 1 atom stereocenters. The fraction of sp³-hybridized carbons (Fsp3) is 0.900. The number of nitrogens with one attached hydrogen (secondary N) is 2. The van der Waals surface area contributed by atoms with E-state index >= 15 is 0 Å². The summed E-state index contributed by atoms with van der Waals surface area (Å²) < 4.78 is 0. The molecule has 0 bridgehead atoms. The lowest BCUT2D eigenvalue weighted by atomic mass is 9.93. The SMILES string of the molecule is CN(C)CC(C)(C)CNC1=NC(N)CN1. The highest BCUT2D eigenvalue weighted by molar-refractivity contribution is 5.81. The van der Waals surface area contributed by atoms with Crippen molar-refractivity contribution < 1.29 is 0 Å². The molecule has 5 nitrogen and oxygen atoms in total. The van der Waals surface area contributed by atoms with Gasteiger partial charge < -0.3 is 21.3 Å². The molecular weight excluding hydrogens is 190 g/mol. The molecule has 1 aliphatic rings. The number of rotatable bonds is 4. The normalized spacial score (nSPS) is 21.5. The fourth-order valence-electron chi connectivity index (χ4n) is 1.80. The van der Waals surface area contributed by atoms with E-state index in [0.717, 1.165) is 25.6 Å². The summed E-state index contributed by atoms with van der Waals surface area (Å²) in [6.07, 6.45) is -0.0931. The van der Waals surface area contributed by atoms with Gasteiger partial charge in [0.2, 0.25) is 0 Å². The minimum absolute atomic E-state index is 0.0931. The smallest absolute Gasteiger partial charge is 0.193 e. The van der Waals surface area contributed by atoms with Crippen molar-refractivity contribution >= 4 is 5.96 Å². The van der Waals surface area contributed by atoms with Gasteiger partial charge in [0.25, 0.3) is 0 Å². The molecule has 0 aromatic carbocycles. The summed E-state index contributed by atoms with van der Waals surface area (Å²) in [5.41, 5.74) is 5.87. The predicted octanol–water partition coefficient (Wildman–Crippen LogP) is -0.592. The van der Waals surface area contributed by atoms with Gasteiger partial charge in [0.15, 0.2) is 5.96 Å². The van der Waals surface area contributed by atoms with Crippen molar-refractivity contribution in [2.45, 2.75) is 20.0 Å². The maximum Gasteiger partial charge on any atom is 0.193 e. The Labute approximate surface area is 92.1 Å². The van der Waals surface area contributed by atoms with Gasteiger partial charge in [-0.2, -0.15) is 0 Å². The van der Waals surface area contributed by atoms with Crippen LogP contribution in [0.5, 0.6) is 0 Å². The van der Waals surface area contributed by atoms with Crippen molar-refractivity contribution in [1.29, 1.82) is 0 Å². The van der Waals surface area contributed by atoms with E-state index in [1.54, 1.807) is 0 Å². The van der Waals surface area contributed by atoms with Crippen LogP contribution in [0, 0.1) is 5.41 Å². The second kappa shape index (κ2) is 4.81. The molecule has 0 saturated heterocycles. The van der Waals surface area contributed by atoms with E-state index in [4.69, 9.17) is 5.73 Å². The average Bonchev–Trinajstić information content (AvgIpc) is 2.46. The Bertz CT molecular complexity index is 234. The fourth-order valence-corrected chi connectivity index (χ4v) is 1.80. The molecule has 0 aromatic rings. The molecule has 88 valence electrons. The Morgan fingerprint density at radius 2 is 2.27 bits per heavy atom. The zero-order valence-electron chi connectivity index (χ0n) is 10.2. The standard InChI is InChI=1S/C10H23N5/c1-10(2,7-15(3)4)6-13-9-12-5-8(11)14-9/h8H,5-7,11H2,1-4H3,(H2,12,13,14). The molecule has 1 heterocycles. The second-order valence-corrected chi connectivity index (χ2v) is 5.18. The van der Waals surface area contributed by atoms with Gasteiger partial charge >= 0.3 is 0 Å². The Balaban J connectivity index is 2.32. The lowest BCUT2D eigenvalue weighted by Gasteiger charge is -2.28. The Hall–Kier alpha value is -0.810. The van der Waals surface area contributed by atoms with Crippen LogP contribution >= 0.6 is 0 Å². The topological polar surface area (TPSA) is 65.7 Å². The van der Waals surface area contributed by atoms with Crippen molar-refractivity contribution in [2.24, 2.45) is 16.1 Å². The molecule has 0 spiro atoms. The Morgan fingerprint density at radius 1 is 1.60 bits per heavy atom. The highest BCUT2D eigenvalue weighted by atomic mass is 15.3. The van der Waals surface area contributed by atoms with Crippen molar-refractivity contribution in [3.8, 4) is 0 Å². The van der Waals surface area contributed by atoms with Gasteiger partial charge in [-0.3, -0.25) is 0 Å². The molecule has 5 heteroatoms. The van der Waals surface area contributed by atoms with Gasteiger partial charge in [-0.05, 0) is 19.5 Å². The quantitative estimate of drug-likeness (QED) is 0.584. The van der Waals surface area contributed by atoms with Gasteiger partial charge in [0.1, 0.15) is 6.17 Å². The first kappa shape index (κ1) is 12.3. The van der Waals surface area contributed by atoms with Gasteiger partial charge in [0, 0.05) is 13.1 Å². The summed E-state index contributed by atoms with van der Waals surface area (Å²) >= 11 is 0. The summed E-state index contributed by atoms with van der Waals surface area (Å²) in [6, 6.07) is 0. The molecule has 1 rings (SSSR count). The molecule has 0 fully saturated rings. The van der Waals surface area contributed by atoms with Crippen molar-refractivity contribution in [2.75, 3.05) is 33.7 Å². The lowest BCUT2D eigenvalue weighted by Crippen LogP contribution is -2.43. The van der Waals surface area contributed by atoms with Crippen LogP contribution in [0.1, 0.15) is 13.8 Å². The monoisotopic (exact) mass is 213 g/mol. The molecule has 15 heavy (non-hydrogen) atoms. The van der Waals surface area contributed by atoms with Gasteiger partial charge in [0.05, 0.1) is 6.54 Å². The van der Waals surface area contributed by atoms with E-state index in [2.05, 4.69) is 48.5 Å². The van der Waals surface area contributed by atoms with Crippen LogP contribution in [0.15, 0.2) is 4.99 Å². The number of guanidine groups is 1. The van der Waals surface area contributed by atoms with Crippen LogP contribution < -0.4 is 16.4 Å². The number of aliphatic imine (C=N–C) groups is 1. The third-order valence-electron chi connectivity index (χ3n) is 2.25. The molecule has 0 amide bonds. The zero-order chi connectivity index (χ0) is 11.5. The van der Waals surface area contributed by atoms with E-state index in [-0.39, 0.29) is 11.6 Å². The van der Waals surface area contributed by atoms with Crippen LogP contribution in [-0.4, -0.2) is 50.8 Å². The number of nitrogens with zero attached hydrogens (tertiary/aromatic N) is 2. The maximum atomic E-state index is 5.65. The molecule has 4 N–H and O–H groups in total. The lowest BCUT2D eigenvalue weighted by molar-refractivity contribution is 0.241. The van der Waals surface area contributed by atoms with Crippen LogP contribution in [0.25, 0.3) is 0 Å². The summed E-state index contributed by atoms with van der Waals surface area (Å²) in [6.45, 7) is 7.13. The number of hydrogen-bond donors (Lipinski definition) is 3. The largest absolute Gasteiger partial charge is 0.356 e. The first-order chi connectivity index (χ1) is 6.89. The highest BCUT2D eigenvalue weighted by Crippen LogP contribution is 2.14. The van der Waals surface area contributed by atoms with Crippen LogP contribution in [0.4, 0.5) is 0 Å². The van der Waals surface area contributed by atoms with E-state index in [1.165, 1.54) is 0 Å². The van der Waals surface area contributed by atoms with Crippen LogP contribution in [0.2, 0.25) is 0 Å². The van der Waals surface area contributed by atoms with E-state index in [1.807, 2.05) is 0 Å². The average molecular weight is 213 g/mol. The Kier molecular flexibility index (Phi) is 3.93. The minimum atomic E-state index is -0.0931. The van der Waals surface area contributed by atoms with Gasteiger partial charge in [-0.1, -0.05) is 13.8 Å². The molecule has 0 saturated carbocycles. The third-order valence-corrected chi connectivity index (χ3v) is 2.25. The maximum absolute atomic E-state index is 5.65. The zero-order valence-corrected chi connectivity index (χ0v) is 10.2. The molecular formula is C10H23N5. The first-order valence-corrected chi connectivity index (χ1v) is 5.35. The van der Waals surface area contributed by atoms with E-state index in [9.17, 15) is 0 Å². The summed E-state index contributed by atoms with van der Waals surface area (Å²) in [5.74, 6) is 0.828. The minimum Gasteiger partial charge on any atom is -0.356 e. The summed E-state index contributed by atoms with van der Waals surface area (Å²) in [7, 11) is 4.17. The molecule has 1 aliphatic heterocycles. The van der Waals surface area contributed by atoms with Crippen LogP contribution in [0.3, 0.4) is 0 Å². The Morgan fingerprint density at radius 3 is 2.73 bits per heavy atom. The van der Waals surface area contributed by atoms with Crippen molar-refractivity contribution in [3.63, 3.8) is 0 Å². The molecule has 0 radical (unpaired) electrons. The number of hydrogen-bond acceptors (Lipinski definition) is 5. The van der Waals surface area contributed by atoms with Gasteiger partial charge in [-0.25, -0.2) is 4.99 Å². The third kappa shape index (κ3) is 4.48. The first-order valence-electron chi connectivity index (χ1n) is 5.35. The molecule has 0 aromatic heterocycles. The molecule has 1 unspecified atom stereocenters. The summed E-state index contributed by atoms with van der Waals surface area (Å²) in [5, 5.41) is 6.42. The van der Waals surface area contributed by atoms with E-state index in [0.29, 0.717) is 0 Å². The second-order valence-electron chi connectivity index (χ2n) is 5.18. The van der Waals surface area contributed by atoms with Gasteiger partial charge in [-0.15, -0.1) is 0 Å². The predicted molar refractivity (Wildman–Crippen MR) is 63.8 cm³/mol. The highest BCUT2D eigenvalue weighted by Gasteiger charge is 2.20.